The normalized spacial score (nSPS) is 16.3. The summed E-state index contributed by atoms with van der Waals surface area (Å²) in [6.07, 6.45) is 1.06. The van der Waals surface area contributed by atoms with Gasteiger partial charge in [-0.1, -0.05) is 18.2 Å². The number of carbonyl (C=O) groups is 1. The molecule has 2 aromatic heterocycles. The molecule has 0 spiro atoms. The minimum atomic E-state index is -1.18. The van der Waals surface area contributed by atoms with Crippen molar-refractivity contribution in [2.75, 3.05) is 7.11 Å². The van der Waals surface area contributed by atoms with Gasteiger partial charge in [0.15, 0.2) is 0 Å². The first-order chi connectivity index (χ1) is 11.6. The van der Waals surface area contributed by atoms with Crippen molar-refractivity contribution in [1.82, 2.24) is 14.8 Å². The van der Waals surface area contributed by atoms with Gasteiger partial charge in [-0.15, -0.1) is 0 Å². The highest BCUT2D eigenvalue weighted by Crippen LogP contribution is 2.37. The van der Waals surface area contributed by atoms with Crippen molar-refractivity contribution in [2.24, 2.45) is 0 Å². The van der Waals surface area contributed by atoms with Gasteiger partial charge in [-0.25, -0.2) is 9.78 Å². The van der Waals surface area contributed by atoms with Gasteiger partial charge < -0.3 is 14.9 Å². The van der Waals surface area contributed by atoms with Crippen LogP contribution in [-0.2, 0) is 12.8 Å². The number of carboxylic acid groups (broad SMARTS) is 1. The second-order valence-corrected chi connectivity index (χ2v) is 5.79. The van der Waals surface area contributed by atoms with E-state index in [2.05, 4.69) is 10.1 Å². The Morgan fingerprint density at radius 2 is 2.21 bits per heavy atom. The molecule has 1 aromatic carbocycles. The molecule has 24 heavy (non-hydrogen) atoms. The van der Waals surface area contributed by atoms with Crippen molar-refractivity contribution in [3.8, 4) is 17.0 Å². The molecular weight excluding hydrogens is 310 g/mol. The largest absolute Gasteiger partial charge is 0.494 e. The van der Waals surface area contributed by atoms with Crippen LogP contribution in [0, 0.1) is 0 Å². The highest BCUT2D eigenvalue weighted by molar-refractivity contribution is 5.88. The molecule has 0 fully saturated rings. The lowest BCUT2D eigenvalue weighted by atomic mass is 9.99. The van der Waals surface area contributed by atoms with Crippen LogP contribution in [-0.4, -0.2) is 44.3 Å². The predicted molar refractivity (Wildman–Crippen MR) is 86.4 cm³/mol. The third-order valence-electron chi connectivity index (χ3n) is 4.34. The Morgan fingerprint density at radius 1 is 1.38 bits per heavy atom. The van der Waals surface area contributed by atoms with E-state index in [4.69, 9.17) is 4.74 Å². The van der Waals surface area contributed by atoms with Crippen LogP contribution in [0.15, 0.2) is 30.5 Å². The second kappa shape index (κ2) is 5.31. The Balaban J connectivity index is 1.95. The smallest absolute Gasteiger partial charge is 0.432 e. The third kappa shape index (κ3) is 2.13. The first kappa shape index (κ1) is 14.6. The molecule has 2 N–H and O–H groups in total. The Morgan fingerprint density at radius 3 is 2.96 bits per heavy atom. The summed E-state index contributed by atoms with van der Waals surface area (Å²) in [5, 5.41) is 23.0. The molecule has 0 amide bonds. The number of fused-ring (bicyclic) bond motifs is 2. The standard InChI is InChI=1S/C17H15N3O4/c1-24-15-7-14-13(8-18-20(14)17(22)23)19-16(15)11-4-2-3-9-5-10(21)6-12(9)11/h2-4,7-8,10,21H,5-6H2,1H3,(H,22,23). The minimum absolute atomic E-state index is 0.371. The summed E-state index contributed by atoms with van der Waals surface area (Å²) in [6.45, 7) is 0. The summed E-state index contributed by atoms with van der Waals surface area (Å²) in [7, 11) is 1.52. The number of hydrogen-bond acceptors (Lipinski definition) is 5. The molecule has 1 aliphatic rings. The molecule has 1 atom stereocenters. The number of nitrogens with zero attached hydrogens (tertiary/aromatic N) is 3. The van der Waals surface area contributed by atoms with Gasteiger partial charge in [-0.2, -0.15) is 9.78 Å². The van der Waals surface area contributed by atoms with Gasteiger partial charge in [0.05, 0.1) is 19.4 Å². The van der Waals surface area contributed by atoms with E-state index in [9.17, 15) is 15.0 Å². The molecule has 1 unspecified atom stereocenters. The van der Waals surface area contributed by atoms with E-state index in [0.29, 0.717) is 35.3 Å². The van der Waals surface area contributed by atoms with Crippen molar-refractivity contribution in [2.45, 2.75) is 18.9 Å². The molecule has 0 saturated heterocycles. The summed E-state index contributed by atoms with van der Waals surface area (Å²) in [4.78, 5) is 15.8. The van der Waals surface area contributed by atoms with E-state index >= 15 is 0 Å². The van der Waals surface area contributed by atoms with E-state index in [0.717, 1.165) is 21.4 Å². The zero-order chi connectivity index (χ0) is 16.8. The average Bonchev–Trinajstić information content (AvgIpc) is 3.14. The number of hydrogen-bond donors (Lipinski definition) is 2. The molecule has 122 valence electrons. The van der Waals surface area contributed by atoms with Gasteiger partial charge >= 0.3 is 6.09 Å². The number of aliphatic hydroxyl groups is 1. The first-order valence-corrected chi connectivity index (χ1v) is 7.53. The maximum Gasteiger partial charge on any atom is 0.432 e. The van der Waals surface area contributed by atoms with E-state index < -0.39 is 6.09 Å². The van der Waals surface area contributed by atoms with Crippen LogP contribution in [0.1, 0.15) is 11.1 Å². The van der Waals surface area contributed by atoms with Gasteiger partial charge in [0.2, 0.25) is 0 Å². The van der Waals surface area contributed by atoms with Gasteiger partial charge in [-0.05, 0) is 24.0 Å². The summed E-state index contributed by atoms with van der Waals surface area (Å²) in [5.41, 5.74) is 4.53. The van der Waals surface area contributed by atoms with E-state index in [1.807, 2.05) is 18.2 Å². The van der Waals surface area contributed by atoms with Crippen LogP contribution in [0.4, 0.5) is 4.79 Å². The Bertz CT molecular complexity index is 964. The third-order valence-corrected chi connectivity index (χ3v) is 4.34. The zero-order valence-corrected chi connectivity index (χ0v) is 12.9. The number of benzene rings is 1. The van der Waals surface area contributed by atoms with Crippen LogP contribution >= 0.6 is 0 Å². The van der Waals surface area contributed by atoms with Crippen molar-refractivity contribution in [3.05, 3.63) is 41.6 Å². The van der Waals surface area contributed by atoms with Crippen molar-refractivity contribution >= 4 is 17.1 Å². The van der Waals surface area contributed by atoms with Crippen molar-refractivity contribution in [3.63, 3.8) is 0 Å². The molecule has 0 radical (unpaired) electrons. The number of ether oxygens (including phenoxy) is 1. The Hall–Kier alpha value is -2.93. The Labute approximate surface area is 137 Å². The highest BCUT2D eigenvalue weighted by atomic mass is 16.5. The topological polar surface area (TPSA) is 97.5 Å². The highest BCUT2D eigenvalue weighted by Gasteiger charge is 2.25. The summed E-state index contributed by atoms with van der Waals surface area (Å²) < 4.78 is 6.31. The molecule has 0 saturated carbocycles. The quantitative estimate of drug-likeness (QED) is 0.749. The lowest BCUT2D eigenvalue weighted by Gasteiger charge is -2.12. The molecule has 7 nitrogen and oxygen atoms in total. The SMILES string of the molecule is COc1cc2c(cnn2C(=O)O)nc1-c1cccc2c1CC(O)C2. The van der Waals surface area contributed by atoms with Gasteiger partial charge in [0, 0.05) is 11.6 Å². The fourth-order valence-electron chi connectivity index (χ4n) is 3.29. The molecule has 1 aliphatic carbocycles. The van der Waals surface area contributed by atoms with E-state index in [1.54, 1.807) is 6.07 Å². The van der Waals surface area contributed by atoms with Crippen LogP contribution in [0.5, 0.6) is 5.75 Å². The van der Waals surface area contributed by atoms with Crippen LogP contribution in [0.25, 0.3) is 22.3 Å². The zero-order valence-electron chi connectivity index (χ0n) is 12.9. The number of pyridine rings is 1. The van der Waals surface area contributed by atoms with Gasteiger partial charge in [-0.3, -0.25) is 0 Å². The van der Waals surface area contributed by atoms with Crippen LogP contribution in [0.3, 0.4) is 0 Å². The average molecular weight is 325 g/mol. The maximum absolute atomic E-state index is 11.2. The summed E-state index contributed by atoms with van der Waals surface area (Å²) >= 11 is 0. The molecule has 3 aromatic rings. The first-order valence-electron chi connectivity index (χ1n) is 7.53. The van der Waals surface area contributed by atoms with Crippen molar-refractivity contribution < 1.29 is 19.7 Å². The molecule has 0 bridgehead atoms. The fourth-order valence-corrected chi connectivity index (χ4v) is 3.29. The van der Waals surface area contributed by atoms with Gasteiger partial charge in [0.1, 0.15) is 22.5 Å². The lowest BCUT2D eigenvalue weighted by Crippen LogP contribution is -2.09. The number of aromatic nitrogens is 3. The molecule has 4 rings (SSSR count). The predicted octanol–water partition coefficient (Wildman–Crippen LogP) is 2.09. The van der Waals surface area contributed by atoms with Gasteiger partial charge in [0.25, 0.3) is 0 Å². The Kier molecular flexibility index (Phi) is 3.24. The number of methoxy groups -OCH3 is 1. The molecular formula is C17H15N3O4. The monoisotopic (exact) mass is 325 g/mol. The van der Waals surface area contributed by atoms with E-state index in [1.165, 1.54) is 13.3 Å². The number of rotatable bonds is 2. The second-order valence-electron chi connectivity index (χ2n) is 5.79. The van der Waals surface area contributed by atoms with Crippen LogP contribution < -0.4 is 4.74 Å². The number of aliphatic hydroxyl groups excluding tert-OH is 1. The summed E-state index contributed by atoms with van der Waals surface area (Å²) in [6, 6.07) is 7.50. The summed E-state index contributed by atoms with van der Waals surface area (Å²) in [5.74, 6) is 0.472. The molecule has 7 heteroatoms. The minimum Gasteiger partial charge on any atom is -0.494 e. The fraction of sp³-hybridized carbons (Fsp3) is 0.235. The van der Waals surface area contributed by atoms with Crippen LogP contribution in [0.2, 0.25) is 0 Å². The molecule has 0 aliphatic heterocycles. The lowest BCUT2D eigenvalue weighted by molar-refractivity contribution is 0.187. The maximum atomic E-state index is 11.2. The van der Waals surface area contributed by atoms with Crippen molar-refractivity contribution in [1.29, 1.82) is 0 Å². The molecule has 2 heterocycles. The van der Waals surface area contributed by atoms with E-state index in [-0.39, 0.29) is 6.10 Å².